The third-order valence-electron chi connectivity index (χ3n) is 3.19. The van der Waals surface area contributed by atoms with Gasteiger partial charge in [-0.3, -0.25) is 0 Å². The van der Waals surface area contributed by atoms with Crippen LogP contribution in [-0.2, 0) is 17.5 Å². The molecule has 1 aromatic heterocycles. The van der Waals surface area contributed by atoms with Crippen LogP contribution in [0.4, 0.5) is 23.8 Å². The van der Waals surface area contributed by atoms with Gasteiger partial charge in [0.1, 0.15) is 12.4 Å². The summed E-state index contributed by atoms with van der Waals surface area (Å²) in [7, 11) is 0. The summed E-state index contributed by atoms with van der Waals surface area (Å²) in [5, 5.41) is 2.50. The minimum absolute atomic E-state index is 0.0955. The molecule has 0 aliphatic carbocycles. The topological polar surface area (TPSA) is 77.2 Å². The highest BCUT2D eigenvalue weighted by Crippen LogP contribution is 2.32. The maximum Gasteiger partial charge on any atom is 0.419 e. The fraction of sp³-hybridized carbons (Fsp3) is 0.222. The van der Waals surface area contributed by atoms with Crippen molar-refractivity contribution in [3.63, 3.8) is 0 Å². The van der Waals surface area contributed by atoms with Crippen LogP contribution in [0.25, 0.3) is 0 Å². The van der Waals surface area contributed by atoms with Crippen LogP contribution in [0.5, 0.6) is 0 Å². The van der Waals surface area contributed by atoms with Crippen LogP contribution in [0.2, 0.25) is 0 Å². The number of carbonyl (C=O) groups excluding carboxylic acids is 1. The van der Waals surface area contributed by atoms with Gasteiger partial charge in [-0.2, -0.15) is 13.2 Å². The van der Waals surface area contributed by atoms with Crippen molar-refractivity contribution in [2.45, 2.75) is 19.2 Å². The number of rotatable bonds is 4. The first-order valence-electron chi connectivity index (χ1n) is 7.62. The number of nitrogens with zero attached hydrogens (tertiary/aromatic N) is 1. The molecule has 0 bridgehead atoms. The van der Waals surface area contributed by atoms with Crippen molar-refractivity contribution in [2.75, 3.05) is 12.3 Å². The van der Waals surface area contributed by atoms with Gasteiger partial charge in [0.15, 0.2) is 0 Å². The maximum atomic E-state index is 12.7. The van der Waals surface area contributed by atoms with Crippen molar-refractivity contribution in [1.29, 1.82) is 0 Å². The van der Waals surface area contributed by atoms with Gasteiger partial charge in [0.05, 0.1) is 5.56 Å². The highest BCUT2D eigenvalue weighted by Gasteiger charge is 2.33. The van der Waals surface area contributed by atoms with E-state index in [1.807, 2.05) is 30.3 Å². The number of carbonyl (C=O) groups is 1. The Morgan fingerprint density at radius 2 is 2.00 bits per heavy atom. The van der Waals surface area contributed by atoms with E-state index in [9.17, 15) is 18.0 Å². The van der Waals surface area contributed by atoms with E-state index in [0.717, 1.165) is 11.6 Å². The van der Waals surface area contributed by atoms with Crippen LogP contribution in [0.3, 0.4) is 0 Å². The van der Waals surface area contributed by atoms with Gasteiger partial charge in [-0.15, -0.1) is 0 Å². The zero-order valence-corrected chi connectivity index (χ0v) is 13.6. The largest absolute Gasteiger partial charge is 0.445 e. The number of pyridine rings is 1. The van der Waals surface area contributed by atoms with Gasteiger partial charge in [-0.05, 0) is 11.6 Å². The molecular formula is C18H16F3N3O2. The number of nitrogen functional groups attached to an aromatic ring is 1. The van der Waals surface area contributed by atoms with Gasteiger partial charge >= 0.3 is 12.3 Å². The monoisotopic (exact) mass is 363 g/mol. The molecule has 2 rings (SSSR count). The molecule has 26 heavy (non-hydrogen) atoms. The number of hydrogen-bond donors (Lipinski definition) is 2. The fourth-order valence-electron chi connectivity index (χ4n) is 1.94. The van der Waals surface area contributed by atoms with Crippen molar-refractivity contribution in [3.8, 4) is 11.8 Å². The maximum absolute atomic E-state index is 12.7. The Labute approximate surface area is 148 Å². The first kappa shape index (κ1) is 19.1. The highest BCUT2D eigenvalue weighted by atomic mass is 19.4. The van der Waals surface area contributed by atoms with Crippen LogP contribution in [0.1, 0.15) is 23.1 Å². The molecule has 0 radical (unpaired) electrons. The molecule has 0 aliphatic rings. The number of halogens is 3. The van der Waals surface area contributed by atoms with Crippen molar-refractivity contribution in [2.24, 2.45) is 0 Å². The lowest BCUT2D eigenvalue weighted by molar-refractivity contribution is -0.137. The third-order valence-corrected chi connectivity index (χ3v) is 3.19. The van der Waals surface area contributed by atoms with Crippen LogP contribution in [0.15, 0.2) is 42.6 Å². The minimum Gasteiger partial charge on any atom is -0.445 e. The number of ether oxygens (including phenoxy) is 1. The summed E-state index contributed by atoms with van der Waals surface area (Å²) in [4.78, 5) is 15.0. The van der Waals surface area contributed by atoms with E-state index >= 15 is 0 Å². The van der Waals surface area contributed by atoms with Crippen molar-refractivity contribution in [3.05, 3.63) is 59.3 Å². The summed E-state index contributed by atoms with van der Waals surface area (Å²) >= 11 is 0. The number of amides is 1. The van der Waals surface area contributed by atoms with Crippen LogP contribution in [-0.4, -0.2) is 17.6 Å². The van der Waals surface area contributed by atoms with E-state index in [0.29, 0.717) is 0 Å². The van der Waals surface area contributed by atoms with Crippen molar-refractivity contribution < 1.29 is 22.7 Å². The molecule has 0 aliphatic heterocycles. The lowest BCUT2D eigenvalue weighted by Crippen LogP contribution is -2.24. The SMILES string of the molecule is Nc1ncc(C#CCCNC(=O)OCc2ccccc2)cc1C(F)(F)F. The summed E-state index contributed by atoms with van der Waals surface area (Å²) in [6, 6.07) is 10.0. The van der Waals surface area contributed by atoms with E-state index in [4.69, 9.17) is 10.5 Å². The number of alkyl halides is 3. The summed E-state index contributed by atoms with van der Waals surface area (Å²) in [5.74, 6) is 4.62. The Bertz CT molecular complexity index is 812. The molecular weight excluding hydrogens is 347 g/mol. The van der Waals surface area contributed by atoms with Crippen molar-refractivity contribution >= 4 is 11.9 Å². The second-order valence-corrected chi connectivity index (χ2v) is 5.19. The molecule has 0 spiro atoms. The smallest absolute Gasteiger partial charge is 0.419 e. The predicted octanol–water partition coefficient (Wildman–Crippen LogP) is 3.35. The average Bonchev–Trinajstić information content (AvgIpc) is 2.61. The van der Waals surface area contributed by atoms with E-state index in [1.165, 1.54) is 6.20 Å². The summed E-state index contributed by atoms with van der Waals surface area (Å²) in [5.41, 5.74) is 5.15. The van der Waals surface area contributed by atoms with Gasteiger partial charge in [0.25, 0.3) is 0 Å². The number of benzene rings is 1. The number of hydrogen-bond acceptors (Lipinski definition) is 4. The van der Waals surface area contributed by atoms with Gasteiger partial charge in [-0.1, -0.05) is 42.2 Å². The number of nitrogens with one attached hydrogen (secondary N) is 1. The number of anilines is 1. The van der Waals surface area contributed by atoms with E-state index < -0.39 is 23.7 Å². The summed E-state index contributed by atoms with van der Waals surface area (Å²) in [6.45, 7) is 0.352. The van der Waals surface area contributed by atoms with Gasteiger partial charge in [0, 0.05) is 24.7 Å². The Morgan fingerprint density at radius 3 is 2.69 bits per heavy atom. The van der Waals surface area contributed by atoms with Gasteiger partial charge in [-0.25, -0.2) is 9.78 Å². The van der Waals surface area contributed by atoms with Gasteiger partial charge in [0.2, 0.25) is 0 Å². The molecule has 0 saturated heterocycles. The molecule has 3 N–H and O–H groups in total. The quantitative estimate of drug-likeness (QED) is 0.645. The van der Waals surface area contributed by atoms with Crippen LogP contribution in [0, 0.1) is 11.8 Å². The summed E-state index contributed by atoms with van der Waals surface area (Å²) < 4.78 is 43.2. The predicted molar refractivity (Wildman–Crippen MR) is 89.8 cm³/mol. The van der Waals surface area contributed by atoms with Crippen LogP contribution < -0.4 is 11.1 Å². The first-order chi connectivity index (χ1) is 12.4. The van der Waals surface area contributed by atoms with Crippen LogP contribution >= 0.6 is 0 Å². The third kappa shape index (κ3) is 6.02. The zero-order chi connectivity index (χ0) is 19.0. The Kier molecular flexibility index (Phi) is 6.44. The molecule has 5 nitrogen and oxygen atoms in total. The number of alkyl carbamates (subject to hydrolysis) is 1. The molecule has 1 heterocycles. The number of aromatic nitrogens is 1. The van der Waals surface area contributed by atoms with E-state index in [-0.39, 0.29) is 25.1 Å². The van der Waals surface area contributed by atoms with Gasteiger partial charge < -0.3 is 15.8 Å². The number of nitrogens with two attached hydrogens (primary N) is 1. The summed E-state index contributed by atoms with van der Waals surface area (Å²) in [6.07, 6.45) is -3.77. The second-order valence-electron chi connectivity index (χ2n) is 5.19. The molecule has 8 heteroatoms. The molecule has 0 unspecified atom stereocenters. The molecule has 0 atom stereocenters. The van der Waals surface area contributed by atoms with Crippen molar-refractivity contribution in [1.82, 2.24) is 10.3 Å². The van der Waals surface area contributed by atoms with E-state index in [2.05, 4.69) is 22.1 Å². The highest BCUT2D eigenvalue weighted by molar-refractivity contribution is 5.67. The Morgan fingerprint density at radius 1 is 1.27 bits per heavy atom. The minimum atomic E-state index is -4.58. The normalized spacial score (nSPS) is 10.6. The van der Waals surface area contributed by atoms with E-state index in [1.54, 1.807) is 0 Å². The molecule has 2 aromatic rings. The molecule has 0 saturated carbocycles. The molecule has 1 aromatic carbocycles. The Balaban J connectivity index is 1.77. The Hall–Kier alpha value is -3.21. The standard InChI is InChI=1S/C18H16F3N3O2/c19-18(20,21)15-10-14(11-24-16(15)22)8-4-5-9-23-17(25)26-12-13-6-2-1-3-7-13/h1-3,6-7,10-11H,5,9,12H2,(H2,22,24)(H,23,25). The average molecular weight is 363 g/mol. The molecule has 1 amide bonds. The zero-order valence-electron chi connectivity index (χ0n) is 13.6. The molecule has 136 valence electrons. The lowest BCUT2D eigenvalue weighted by atomic mass is 10.2. The lowest BCUT2D eigenvalue weighted by Gasteiger charge is -2.08. The first-order valence-corrected chi connectivity index (χ1v) is 7.62. The second kappa shape index (κ2) is 8.76. The fourth-order valence-corrected chi connectivity index (χ4v) is 1.94. The molecule has 0 fully saturated rings.